The molecule has 1 aromatic heterocycles. The zero-order valence-corrected chi connectivity index (χ0v) is 13.5. The maximum absolute atomic E-state index is 10.2. The first-order chi connectivity index (χ1) is 9.21. The minimum atomic E-state index is -1.02. The molecule has 0 saturated carbocycles. The van der Waals surface area contributed by atoms with E-state index < -0.39 is 18.3 Å². The monoisotopic (exact) mass is 297 g/mol. The van der Waals surface area contributed by atoms with Gasteiger partial charge in [0.2, 0.25) is 0 Å². The molecule has 0 aromatic carbocycles. The van der Waals surface area contributed by atoms with Crippen molar-refractivity contribution >= 4 is 28.2 Å². The predicted octanol–water partition coefficient (Wildman–Crippen LogP) is 1.60. The number of hydrogen-bond acceptors (Lipinski definition) is 5. The van der Waals surface area contributed by atoms with E-state index in [4.69, 9.17) is 4.65 Å². The molecule has 0 atom stereocenters. The van der Waals surface area contributed by atoms with Crippen LogP contribution in [0.4, 0.5) is 5.00 Å². The first kappa shape index (κ1) is 15.8. The molecule has 2 N–H and O–H groups in total. The van der Waals surface area contributed by atoms with Gasteiger partial charge in [0.1, 0.15) is 0 Å². The summed E-state index contributed by atoms with van der Waals surface area (Å²) in [6, 6.07) is 3.94. The molecule has 0 unspecified atom stereocenters. The zero-order valence-electron chi connectivity index (χ0n) is 12.7. The Morgan fingerprint density at radius 3 is 2.35 bits per heavy atom. The van der Waals surface area contributed by atoms with Gasteiger partial charge in [-0.25, -0.2) is 0 Å². The summed E-state index contributed by atoms with van der Waals surface area (Å²) < 4.78 is 6.44. The highest BCUT2D eigenvalue weighted by molar-refractivity contribution is 7.25. The van der Waals surface area contributed by atoms with Crippen LogP contribution < -0.4 is 9.68 Å². The second-order valence-electron chi connectivity index (χ2n) is 6.41. The molecular formula is C14H24BNO3S. The van der Waals surface area contributed by atoms with E-state index in [1.807, 2.05) is 12.1 Å². The summed E-state index contributed by atoms with van der Waals surface area (Å²) in [5.41, 5.74) is -1.85. The fourth-order valence-electron chi connectivity index (χ4n) is 2.06. The van der Waals surface area contributed by atoms with Gasteiger partial charge >= 0.3 is 7.12 Å². The maximum Gasteiger partial charge on any atom is 0.502 e. The predicted molar refractivity (Wildman–Crippen MR) is 84.8 cm³/mol. The van der Waals surface area contributed by atoms with E-state index in [0.717, 1.165) is 17.9 Å². The fourth-order valence-corrected chi connectivity index (χ4v) is 3.04. The van der Waals surface area contributed by atoms with Crippen molar-refractivity contribution in [1.29, 1.82) is 0 Å². The van der Waals surface area contributed by atoms with Gasteiger partial charge in [-0.1, -0.05) is 0 Å². The van der Waals surface area contributed by atoms with E-state index in [0.29, 0.717) is 0 Å². The molecule has 1 aromatic rings. The van der Waals surface area contributed by atoms with E-state index >= 15 is 0 Å². The molecule has 1 saturated heterocycles. The summed E-state index contributed by atoms with van der Waals surface area (Å²) in [6.45, 7) is 9.11. The Morgan fingerprint density at radius 1 is 1.20 bits per heavy atom. The van der Waals surface area contributed by atoms with Crippen LogP contribution >= 0.6 is 11.3 Å². The lowest BCUT2D eigenvalue weighted by atomic mass is 9.82. The Balaban J connectivity index is 2.04. The van der Waals surface area contributed by atoms with E-state index in [1.165, 1.54) is 17.8 Å². The molecule has 4 nitrogen and oxygen atoms in total. The maximum atomic E-state index is 10.2. The highest BCUT2D eigenvalue weighted by Crippen LogP contribution is 2.28. The van der Waals surface area contributed by atoms with Crippen LogP contribution in [0, 0.1) is 0 Å². The molecule has 2 heterocycles. The van der Waals surface area contributed by atoms with Gasteiger partial charge in [0, 0.05) is 17.9 Å². The number of aliphatic hydroxyl groups is 1. The highest BCUT2D eigenvalue weighted by atomic mass is 32.1. The molecule has 20 heavy (non-hydrogen) atoms. The smallest absolute Gasteiger partial charge is 0.423 e. The van der Waals surface area contributed by atoms with E-state index in [-0.39, 0.29) is 0 Å². The molecule has 2 rings (SSSR count). The SMILES string of the molecule is CC(C)(O)C(C)(C)OB(O)c1ccc(N2CCCC2)s1. The summed E-state index contributed by atoms with van der Waals surface area (Å²) >= 11 is 1.56. The second-order valence-corrected chi connectivity index (χ2v) is 7.50. The minimum Gasteiger partial charge on any atom is -0.423 e. The van der Waals surface area contributed by atoms with E-state index in [1.54, 1.807) is 39.0 Å². The van der Waals surface area contributed by atoms with Gasteiger partial charge in [-0.3, -0.25) is 0 Å². The first-order valence-corrected chi connectivity index (χ1v) is 7.95. The summed E-state index contributed by atoms with van der Waals surface area (Å²) in [5, 5.41) is 21.5. The van der Waals surface area contributed by atoms with Gasteiger partial charge < -0.3 is 19.7 Å². The van der Waals surface area contributed by atoms with Crippen LogP contribution in [0.2, 0.25) is 0 Å². The Hall–Kier alpha value is -0.555. The van der Waals surface area contributed by atoms with Crippen LogP contribution in [0.5, 0.6) is 0 Å². The van der Waals surface area contributed by atoms with Gasteiger partial charge in [0.15, 0.2) is 0 Å². The standard InChI is InChI=1S/C14H24BNO3S/c1-13(2,17)14(3,4)19-15(18)11-7-8-12(20-11)16-9-5-6-10-16/h7-8,17-18H,5-6,9-10H2,1-4H3. The average Bonchev–Trinajstić information content (AvgIpc) is 2.98. The number of hydrogen-bond donors (Lipinski definition) is 2. The van der Waals surface area contributed by atoms with Crippen molar-refractivity contribution in [2.45, 2.75) is 51.7 Å². The summed E-state index contributed by atoms with van der Waals surface area (Å²) in [7, 11) is -1.00. The Bertz CT molecular complexity index is 450. The summed E-state index contributed by atoms with van der Waals surface area (Å²) in [4.78, 5) is 2.34. The van der Waals surface area contributed by atoms with Crippen molar-refractivity contribution in [2.75, 3.05) is 18.0 Å². The van der Waals surface area contributed by atoms with Crippen molar-refractivity contribution in [3.05, 3.63) is 12.1 Å². The lowest BCUT2D eigenvalue weighted by molar-refractivity contribution is -0.0981. The van der Waals surface area contributed by atoms with Crippen LogP contribution in [0.15, 0.2) is 12.1 Å². The Kier molecular flexibility index (Phi) is 4.49. The third kappa shape index (κ3) is 3.36. The third-order valence-corrected chi connectivity index (χ3v) is 5.33. The van der Waals surface area contributed by atoms with Crippen LogP contribution in [0.1, 0.15) is 40.5 Å². The molecular weight excluding hydrogens is 273 g/mol. The average molecular weight is 297 g/mol. The fraction of sp³-hybridized carbons (Fsp3) is 0.714. The quantitative estimate of drug-likeness (QED) is 0.811. The molecule has 6 heteroatoms. The molecule has 0 aliphatic carbocycles. The highest BCUT2D eigenvalue weighted by Gasteiger charge is 2.40. The van der Waals surface area contributed by atoms with Crippen molar-refractivity contribution in [2.24, 2.45) is 0 Å². The molecule has 0 bridgehead atoms. The first-order valence-electron chi connectivity index (χ1n) is 7.14. The second kappa shape index (κ2) is 5.68. The van der Waals surface area contributed by atoms with Crippen LogP contribution in [-0.4, -0.2) is 41.5 Å². The summed E-state index contributed by atoms with van der Waals surface area (Å²) in [5.74, 6) is 0. The number of thiophene rings is 1. The van der Waals surface area contributed by atoms with E-state index in [9.17, 15) is 10.1 Å². The third-order valence-electron chi connectivity index (χ3n) is 4.15. The van der Waals surface area contributed by atoms with Crippen LogP contribution in [-0.2, 0) is 4.65 Å². The van der Waals surface area contributed by atoms with Crippen LogP contribution in [0.3, 0.4) is 0 Å². The lowest BCUT2D eigenvalue weighted by Gasteiger charge is -2.38. The molecule has 0 amide bonds. The molecule has 112 valence electrons. The Morgan fingerprint density at radius 2 is 1.80 bits per heavy atom. The molecule has 1 fully saturated rings. The van der Waals surface area contributed by atoms with Crippen LogP contribution in [0.25, 0.3) is 0 Å². The molecule has 1 aliphatic heterocycles. The molecule has 1 aliphatic rings. The largest absolute Gasteiger partial charge is 0.502 e. The molecule has 0 radical (unpaired) electrons. The topological polar surface area (TPSA) is 52.9 Å². The van der Waals surface area contributed by atoms with Gasteiger partial charge in [0.25, 0.3) is 0 Å². The normalized spacial score (nSPS) is 16.8. The number of nitrogens with zero attached hydrogens (tertiary/aromatic N) is 1. The number of rotatable bonds is 5. The minimum absolute atomic E-state index is 0.782. The van der Waals surface area contributed by atoms with E-state index in [2.05, 4.69) is 4.90 Å². The summed E-state index contributed by atoms with van der Waals surface area (Å²) in [6.07, 6.45) is 2.47. The zero-order chi connectivity index (χ0) is 15.0. The Labute approximate surface area is 125 Å². The van der Waals surface area contributed by atoms with Gasteiger partial charge in [-0.15, -0.1) is 11.3 Å². The van der Waals surface area contributed by atoms with Gasteiger partial charge in [-0.05, 0) is 52.7 Å². The van der Waals surface area contributed by atoms with Crippen molar-refractivity contribution in [3.63, 3.8) is 0 Å². The van der Waals surface area contributed by atoms with Gasteiger partial charge in [-0.2, -0.15) is 0 Å². The number of anilines is 1. The molecule has 0 spiro atoms. The van der Waals surface area contributed by atoms with Crippen molar-refractivity contribution in [3.8, 4) is 0 Å². The van der Waals surface area contributed by atoms with Gasteiger partial charge in [0.05, 0.1) is 16.2 Å². The van der Waals surface area contributed by atoms with Crippen molar-refractivity contribution in [1.82, 2.24) is 0 Å². The van der Waals surface area contributed by atoms with Crippen molar-refractivity contribution < 1.29 is 14.8 Å². The lowest BCUT2D eigenvalue weighted by Crippen LogP contribution is -2.52.